The molecule has 0 radical (unpaired) electrons. The van der Waals surface area contributed by atoms with E-state index in [1.54, 1.807) is 6.07 Å². The molecular formula is C15H15BrFNO. The van der Waals surface area contributed by atoms with Crippen LogP contribution in [0.25, 0.3) is 0 Å². The number of phenols is 1. The van der Waals surface area contributed by atoms with E-state index >= 15 is 0 Å². The molecule has 1 unspecified atom stereocenters. The summed E-state index contributed by atoms with van der Waals surface area (Å²) in [6, 6.07) is 12.6. The van der Waals surface area contributed by atoms with Gasteiger partial charge in [0.1, 0.15) is 0 Å². The lowest BCUT2D eigenvalue weighted by Crippen LogP contribution is -2.18. The maximum atomic E-state index is 13.2. The highest BCUT2D eigenvalue weighted by Crippen LogP contribution is 2.20. The molecule has 2 rings (SSSR count). The fraction of sp³-hybridized carbons (Fsp3) is 0.200. The maximum Gasteiger partial charge on any atom is 0.166 e. The van der Waals surface area contributed by atoms with Gasteiger partial charge in [-0.1, -0.05) is 28.1 Å². The van der Waals surface area contributed by atoms with Crippen molar-refractivity contribution in [1.82, 2.24) is 0 Å². The Labute approximate surface area is 120 Å². The van der Waals surface area contributed by atoms with Crippen molar-refractivity contribution in [2.45, 2.75) is 19.4 Å². The molecule has 2 nitrogen and oxygen atoms in total. The van der Waals surface area contributed by atoms with Gasteiger partial charge in [-0.05, 0) is 43.2 Å². The van der Waals surface area contributed by atoms with Gasteiger partial charge in [0, 0.05) is 22.3 Å². The maximum absolute atomic E-state index is 13.2. The highest BCUT2D eigenvalue weighted by Gasteiger charge is 2.06. The van der Waals surface area contributed by atoms with Crippen molar-refractivity contribution in [1.29, 1.82) is 0 Å². The van der Waals surface area contributed by atoms with E-state index in [4.69, 9.17) is 5.11 Å². The van der Waals surface area contributed by atoms with E-state index < -0.39 is 5.82 Å². The minimum atomic E-state index is -0.610. The smallest absolute Gasteiger partial charge is 0.166 e. The lowest BCUT2D eigenvalue weighted by Gasteiger charge is -2.15. The first-order valence-corrected chi connectivity index (χ1v) is 6.83. The van der Waals surface area contributed by atoms with Crippen LogP contribution in [0.15, 0.2) is 46.9 Å². The Morgan fingerprint density at radius 2 is 1.89 bits per heavy atom. The number of halogens is 2. The van der Waals surface area contributed by atoms with Crippen molar-refractivity contribution in [2.24, 2.45) is 0 Å². The summed E-state index contributed by atoms with van der Waals surface area (Å²) in [6.07, 6.45) is 0.843. The molecule has 0 heterocycles. The average Bonchev–Trinajstić information content (AvgIpc) is 2.37. The van der Waals surface area contributed by atoms with Crippen molar-refractivity contribution < 1.29 is 9.50 Å². The van der Waals surface area contributed by atoms with Gasteiger partial charge in [0.05, 0.1) is 0 Å². The van der Waals surface area contributed by atoms with Crippen LogP contribution in [-0.4, -0.2) is 11.1 Å². The topological polar surface area (TPSA) is 32.3 Å². The summed E-state index contributed by atoms with van der Waals surface area (Å²) in [4.78, 5) is 0. The summed E-state index contributed by atoms with van der Waals surface area (Å²) in [5, 5.41) is 12.3. The minimum Gasteiger partial charge on any atom is -0.505 e. The molecule has 0 aliphatic heterocycles. The van der Waals surface area contributed by atoms with Gasteiger partial charge >= 0.3 is 0 Å². The Hall–Kier alpha value is -1.55. The Bertz CT molecular complexity index is 557. The lowest BCUT2D eigenvalue weighted by atomic mass is 10.1. The summed E-state index contributed by atoms with van der Waals surface area (Å²) in [5.74, 6) is -0.938. The molecule has 2 aromatic carbocycles. The van der Waals surface area contributed by atoms with Crippen LogP contribution in [0, 0.1) is 5.82 Å². The SMILES string of the molecule is CC(Cc1ccc(Br)cc1)Nc1ccc(O)c(F)c1. The Kier molecular flexibility index (Phi) is 4.43. The zero-order chi connectivity index (χ0) is 13.8. The Morgan fingerprint density at radius 1 is 1.21 bits per heavy atom. The third kappa shape index (κ3) is 3.96. The van der Waals surface area contributed by atoms with Crippen molar-refractivity contribution in [2.75, 3.05) is 5.32 Å². The zero-order valence-corrected chi connectivity index (χ0v) is 12.1. The standard InChI is InChI=1S/C15H15BrFNO/c1-10(8-11-2-4-12(16)5-3-11)18-13-6-7-15(19)14(17)9-13/h2-7,9-10,18-19H,8H2,1H3. The third-order valence-corrected chi connectivity index (χ3v) is 3.34. The van der Waals surface area contributed by atoms with Crippen LogP contribution in [0.1, 0.15) is 12.5 Å². The quantitative estimate of drug-likeness (QED) is 0.820. The zero-order valence-electron chi connectivity index (χ0n) is 10.5. The molecule has 0 aromatic heterocycles. The van der Waals surface area contributed by atoms with Gasteiger partial charge in [-0.3, -0.25) is 0 Å². The van der Waals surface area contributed by atoms with Gasteiger partial charge in [-0.25, -0.2) is 4.39 Å². The largest absolute Gasteiger partial charge is 0.505 e. The molecule has 2 N–H and O–H groups in total. The van der Waals surface area contributed by atoms with Crippen molar-refractivity contribution in [3.63, 3.8) is 0 Å². The molecule has 0 aliphatic carbocycles. The van der Waals surface area contributed by atoms with Crippen LogP contribution in [0.4, 0.5) is 10.1 Å². The predicted octanol–water partition coefficient (Wildman–Crippen LogP) is 4.34. The molecule has 0 aliphatic rings. The number of benzene rings is 2. The number of phenolic OH excluding ortho intramolecular Hbond substituents is 1. The summed E-state index contributed by atoms with van der Waals surface area (Å²) in [5.41, 5.74) is 1.88. The van der Waals surface area contributed by atoms with E-state index in [1.165, 1.54) is 17.7 Å². The second-order valence-electron chi connectivity index (χ2n) is 4.54. The van der Waals surface area contributed by atoms with Gasteiger partial charge in [0.25, 0.3) is 0 Å². The lowest BCUT2D eigenvalue weighted by molar-refractivity contribution is 0.432. The van der Waals surface area contributed by atoms with Crippen LogP contribution in [0.5, 0.6) is 5.75 Å². The second-order valence-corrected chi connectivity index (χ2v) is 5.46. The van der Waals surface area contributed by atoms with Gasteiger partial charge < -0.3 is 10.4 Å². The van der Waals surface area contributed by atoms with E-state index in [2.05, 4.69) is 33.4 Å². The van der Waals surface area contributed by atoms with Gasteiger partial charge in [-0.2, -0.15) is 0 Å². The molecule has 19 heavy (non-hydrogen) atoms. The number of nitrogens with one attached hydrogen (secondary N) is 1. The van der Waals surface area contributed by atoms with Crippen molar-refractivity contribution >= 4 is 21.6 Å². The minimum absolute atomic E-state index is 0.171. The van der Waals surface area contributed by atoms with E-state index in [0.29, 0.717) is 5.69 Å². The Balaban J connectivity index is 1.98. The molecule has 4 heteroatoms. The molecule has 0 spiro atoms. The van der Waals surface area contributed by atoms with Crippen LogP contribution in [0.2, 0.25) is 0 Å². The molecule has 2 aromatic rings. The van der Waals surface area contributed by atoms with Crippen LogP contribution >= 0.6 is 15.9 Å². The monoisotopic (exact) mass is 323 g/mol. The molecule has 1 atom stereocenters. The molecule has 100 valence electrons. The highest BCUT2D eigenvalue weighted by atomic mass is 79.9. The fourth-order valence-electron chi connectivity index (χ4n) is 1.91. The van der Waals surface area contributed by atoms with Gasteiger partial charge in [-0.15, -0.1) is 0 Å². The molecule has 0 amide bonds. The van der Waals surface area contributed by atoms with E-state index in [-0.39, 0.29) is 11.8 Å². The molecule has 0 saturated heterocycles. The second kappa shape index (κ2) is 6.06. The van der Waals surface area contributed by atoms with Crippen LogP contribution < -0.4 is 5.32 Å². The number of anilines is 1. The van der Waals surface area contributed by atoms with E-state index in [1.807, 2.05) is 19.1 Å². The molecule has 0 fully saturated rings. The summed E-state index contributed by atoms with van der Waals surface area (Å²) < 4.78 is 14.3. The number of hydrogen-bond acceptors (Lipinski definition) is 2. The first-order valence-electron chi connectivity index (χ1n) is 6.04. The first-order chi connectivity index (χ1) is 9.04. The Morgan fingerprint density at radius 3 is 2.53 bits per heavy atom. The molecular weight excluding hydrogens is 309 g/mol. The number of hydrogen-bond donors (Lipinski definition) is 2. The first kappa shape index (κ1) is 13.9. The summed E-state index contributed by atoms with van der Waals surface area (Å²) in [7, 11) is 0. The molecule has 0 bridgehead atoms. The van der Waals surface area contributed by atoms with Gasteiger partial charge in [0.2, 0.25) is 0 Å². The summed E-state index contributed by atoms with van der Waals surface area (Å²) >= 11 is 3.40. The molecule has 0 saturated carbocycles. The fourth-order valence-corrected chi connectivity index (χ4v) is 2.17. The van der Waals surface area contributed by atoms with E-state index in [9.17, 15) is 4.39 Å². The predicted molar refractivity (Wildman–Crippen MR) is 79.0 cm³/mol. The van der Waals surface area contributed by atoms with Crippen LogP contribution in [0.3, 0.4) is 0 Å². The highest BCUT2D eigenvalue weighted by molar-refractivity contribution is 9.10. The summed E-state index contributed by atoms with van der Waals surface area (Å²) in [6.45, 7) is 2.03. The van der Waals surface area contributed by atoms with Gasteiger partial charge in [0.15, 0.2) is 11.6 Å². The van der Waals surface area contributed by atoms with E-state index in [0.717, 1.165) is 10.9 Å². The van der Waals surface area contributed by atoms with Crippen molar-refractivity contribution in [3.8, 4) is 5.75 Å². The normalized spacial score (nSPS) is 12.2. The average molecular weight is 324 g/mol. The number of rotatable bonds is 4. The van der Waals surface area contributed by atoms with Crippen molar-refractivity contribution in [3.05, 3.63) is 58.3 Å². The number of aromatic hydroxyl groups is 1. The third-order valence-electron chi connectivity index (χ3n) is 2.82. The van der Waals surface area contributed by atoms with Crippen LogP contribution in [-0.2, 0) is 6.42 Å².